The Balaban J connectivity index is 1.47. The normalized spacial score (nSPS) is 34.4. The highest BCUT2D eigenvalue weighted by Crippen LogP contribution is 2.62. The number of amides is 1. The Bertz CT molecular complexity index is 967. The van der Waals surface area contributed by atoms with E-state index < -0.39 is 5.41 Å². The van der Waals surface area contributed by atoms with Crippen molar-refractivity contribution in [3.05, 3.63) is 47.6 Å². The molecule has 0 bridgehead atoms. The number of para-hydroxylation sites is 2. The van der Waals surface area contributed by atoms with E-state index in [0.29, 0.717) is 17.5 Å². The van der Waals surface area contributed by atoms with Gasteiger partial charge in [-0.25, -0.2) is 0 Å². The first-order valence-electron chi connectivity index (χ1n) is 11.9. The molecule has 1 heterocycles. The minimum absolute atomic E-state index is 0.0341. The maximum Gasteiger partial charge on any atom is 0.268 e. The van der Waals surface area contributed by atoms with Gasteiger partial charge in [-0.15, -0.1) is 10.3 Å². The number of allylic oxidation sites excluding steroid dienone is 4. The zero-order valence-corrected chi connectivity index (χ0v) is 19.2. The fourth-order valence-electron chi connectivity index (χ4n) is 6.99. The van der Waals surface area contributed by atoms with Crippen LogP contribution in [0.3, 0.4) is 0 Å². The molecule has 0 aromatic heterocycles. The molecule has 166 valence electrons. The minimum Gasteiger partial charge on any atom is -0.272 e. The van der Waals surface area contributed by atoms with Crippen LogP contribution < -0.4 is 10.6 Å². The lowest BCUT2D eigenvalue weighted by Gasteiger charge is -2.58. The smallest absolute Gasteiger partial charge is 0.268 e. The van der Waals surface area contributed by atoms with E-state index in [-0.39, 0.29) is 17.2 Å². The van der Waals surface area contributed by atoms with Gasteiger partial charge in [0.1, 0.15) is 5.69 Å². The molecule has 4 atom stereocenters. The van der Waals surface area contributed by atoms with Gasteiger partial charge in [0, 0.05) is 0 Å². The minimum atomic E-state index is -0.521. The van der Waals surface area contributed by atoms with Crippen LogP contribution in [0, 0.1) is 28.6 Å². The van der Waals surface area contributed by atoms with E-state index >= 15 is 0 Å². The molecule has 0 saturated heterocycles. The van der Waals surface area contributed by atoms with Gasteiger partial charge in [-0.05, 0) is 73.0 Å². The van der Waals surface area contributed by atoms with Gasteiger partial charge < -0.3 is 0 Å². The average Bonchev–Trinajstić information content (AvgIpc) is 3.09. The first-order valence-corrected chi connectivity index (χ1v) is 11.9. The highest BCUT2D eigenvalue weighted by atomic mass is 16.6. The van der Waals surface area contributed by atoms with Crippen LogP contribution in [0.2, 0.25) is 0 Å². The van der Waals surface area contributed by atoms with Crippen molar-refractivity contribution in [2.24, 2.45) is 28.6 Å². The largest absolute Gasteiger partial charge is 0.272 e. The maximum atomic E-state index is 13.9. The molecule has 5 nitrogen and oxygen atoms in total. The molecule has 31 heavy (non-hydrogen) atoms. The molecule has 4 aliphatic rings. The predicted molar refractivity (Wildman–Crippen MR) is 123 cm³/mol. The van der Waals surface area contributed by atoms with Crippen molar-refractivity contribution in [3.63, 3.8) is 0 Å². The number of hydrazine groups is 2. The van der Waals surface area contributed by atoms with Crippen molar-refractivity contribution in [3.8, 4) is 0 Å². The molecule has 2 N–H and O–H groups in total. The van der Waals surface area contributed by atoms with Crippen LogP contribution >= 0.6 is 0 Å². The summed E-state index contributed by atoms with van der Waals surface area (Å²) in [6, 6.07) is 7.48. The lowest BCUT2D eigenvalue weighted by atomic mass is 9.46. The second-order valence-electron chi connectivity index (χ2n) is 10.8. The zero-order chi connectivity index (χ0) is 22.0. The second-order valence-corrected chi connectivity index (χ2v) is 10.8. The van der Waals surface area contributed by atoms with Crippen LogP contribution in [0.25, 0.3) is 0 Å². The first kappa shape index (κ1) is 20.6. The summed E-state index contributed by atoms with van der Waals surface area (Å²) >= 11 is 0. The Hall–Kier alpha value is -2.27. The molecule has 1 aliphatic heterocycles. The predicted octanol–water partition coefficient (Wildman–Crippen LogP) is 6.10. The number of nitrogens with one attached hydrogen (secondary N) is 1. The lowest BCUT2D eigenvalue weighted by Crippen LogP contribution is -2.59. The number of nitrogens with zero attached hydrogens (tertiary/aromatic N) is 2. The van der Waals surface area contributed by atoms with E-state index in [2.05, 4.69) is 45.3 Å². The molecule has 4 unspecified atom stereocenters. The summed E-state index contributed by atoms with van der Waals surface area (Å²) in [4.78, 5) is 13.9. The van der Waals surface area contributed by atoms with Gasteiger partial charge in [0.2, 0.25) is 0 Å². The number of rotatable bonds is 2. The molecule has 3 aliphatic carbocycles. The van der Waals surface area contributed by atoms with Crippen LogP contribution in [0.1, 0.15) is 66.2 Å². The molecule has 1 aromatic carbocycles. The van der Waals surface area contributed by atoms with Crippen molar-refractivity contribution in [1.82, 2.24) is 5.12 Å². The topological polar surface area (TPSA) is 55.8 Å². The van der Waals surface area contributed by atoms with Gasteiger partial charge >= 0.3 is 0 Å². The number of fused-ring (bicyclic) bond motifs is 4. The van der Waals surface area contributed by atoms with E-state index in [4.69, 9.17) is 0 Å². The Morgan fingerprint density at radius 2 is 2.00 bits per heavy atom. The van der Waals surface area contributed by atoms with Crippen LogP contribution in [0.5, 0.6) is 0 Å². The van der Waals surface area contributed by atoms with Crippen molar-refractivity contribution in [1.29, 1.82) is 0 Å². The number of carbonyl (C=O) groups excluding carboxylic acids is 1. The third-order valence-corrected chi connectivity index (χ3v) is 8.80. The Kier molecular flexibility index (Phi) is 4.74. The molecule has 0 radical (unpaired) electrons. The standard InChI is InChI=1S/C26H35N3O2/c1-17(2)18-10-12-20-19(16-18)11-13-23-25(20,3)14-7-15-26(23,4)24(30)28-27-21-8-5-6-9-22(21)29(28)31/h5-6,8-9,11,16-17,20,23,27,31H,7,10,12-15H2,1-4H3. The van der Waals surface area contributed by atoms with E-state index in [0.717, 1.165) is 30.1 Å². The van der Waals surface area contributed by atoms with Crippen LogP contribution in [0.15, 0.2) is 47.6 Å². The van der Waals surface area contributed by atoms with Gasteiger partial charge in [0.15, 0.2) is 0 Å². The number of hydrogen-bond acceptors (Lipinski definition) is 4. The van der Waals surface area contributed by atoms with E-state index in [9.17, 15) is 10.0 Å². The second kappa shape index (κ2) is 7.13. The van der Waals surface area contributed by atoms with Crippen LogP contribution in [0.4, 0.5) is 11.4 Å². The summed E-state index contributed by atoms with van der Waals surface area (Å²) in [6.45, 7) is 9.14. The summed E-state index contributed by atoms with van der Waals surface area (Å²) in [6.07, 6.45) is 11.2. The van der Waals surface area contributed by atoms with E-state index in [1.54, 1.807) is 5.57 Å². The van der Waals surface area contributed by atoms with Gasteiger partial charge in [-0.2, -0.15) is 0 Å². The molecular formula is C26H35N3O2. The number of anilines is 2. The van der Waals surface area contributed by atoms with Crippen LogP contribution in [-0.4, -0.2) is 16.2 Å². The maximum absolute atomic E-state index is 13.9. The fraction of sp³-hybridized carbons (Fsp3) is 0.577. The molecular weight excluding hydrogens is 386 g/mol. The highest BCUT2D eigenvalue weighted by Gasteiger charge is 2.58. The van der Waals surface area contributed by atoms with Gasteiger partial charge in [0.25, 0.3) is 5.91 Å². The summed E-state index contributed by atoms with van der Waals surface area (Å²) in [5.74, 6) is 1.36. The number of benzene rings is 1. The quantitative estimate of drug-likeness (QED) is 0.606. The van der Waals surface area contributed by atoms with E-state index in [1.165, 1.54) is 30.0 Å². The van der Waals surface area contributed by atoms with Crippen LogP contribution in [-0.2, 0) is 4.79 Å². The zero-order valence-electron chi connectivity index (χ0n) is 19.2. The van der Waals surface area contributed by atoms with Gasteiger partial charge in [0.05, 0.1) is 11.1 Å². The molecule has 1 amide bonds. The lowest BCUT2D eigenvalue weighted by molar-refractivity contribution is -0.158. The van der Waals surface area contributed by atoms with Crippen molar-refractivity contribution >= 4 is 17.3 Å². The number of hydrogen-bond donors (Lipinski definition) is 2. The molecule has 1 saturated carbocycles. The summed E-state index contributed by atoms with van der Waals surface area (Å²) in [7, 11) is 0. The highest BCUT2D eigenvalue weighted by molar-refractivity contribution is 5.89. The SMILES string of the molecule is CC(C)C1=CC2=CCC3C(C)(C(=O)N4Nc5ccccc5N4O)CCCC3(C)C2CC1. The van der Waals surface area contributed by atoms with Gasteiger partial charge in [-0.3, -0.25) is 15.4 Å². The fourth-order valence-corrected chi connectivity index (χ4v) is 6.99. The molecule has 5 rings (SSSR count). The third-order valence-electron chi connectivity index (χ3n) is 8.80. The summed E-state index contributed by atoms with van der Waals surface area (Å²) in [5.41, 5.74) is 7.15. The van der Waals surface area contributed by atoms with Crippen molar-refractivity contribution in [2.45, 2.75) is 66.2 Å². The summed E-state index contributed by atoms with van der Waals surface area (Å²) < 4.78 is 0. The Morgan fingerprint density at radius 1 is 1.23 bits per heavy atom. The Morgan fingerprint density at radius 3 is 2.74 bits per heavy atom. The third kappa shape index (κ3) is 2.96. The Labute approximate surface area is 185 Å². The van der Waals surface area contributed by atoms with Crippen molar-refractivity contribution < 1.29 is 10.0 Å². The molecule has 1 fully saturated rings. The van der Waals surface area contributed by atoms with E-state index in [1.807, 2.05) is 24.3 Å². The summed E-state index contributed by atoms with van der Waals surface area (Å²) in [5, 5.41) is 13.1. The first-order chi connectivity index (χ1) is 14.8. The van der Waals surface area contributed by atoms with Gasteiger partial charge in [-0.1, -0.05) is 64.0 Å². The average molecular weight is 422 g/mol. The molecule has 0 spiro atoms. The number of carbonyl (C=O) groups is 1. The van der Waals surface area contributed by atoms with Crippen molar-refractivity contribution in [2.75, 3.05) is 10.6 Å². The molecule has 1 aromatic rings. The molecule has 5 heteroatoms. The monoisotopic (exact) mass is 421 g/mol.